The number of carbonyl (C=O) groups is 5. The van der Waals surface area contributed by atoms with Crippen LogP contribution in [0.4, 0.5) is 52.7 Å². The molecule has 0 aromatic heterocycles. The van der Waals surface area contributed by atoms with Gasteiger partial charge in [-0.15, -0.1) is 5.22 Å². The number of aryl methyl sites for hydroxylation is 2. The van der Waals surface area contributed by atoms with Gasteiger partial charge in [0.15, 0.2) is 0 Å². The minimum absolute atomic E-state index is 0. The van der Waals surface area contributed by atoms with Crippen LogP contribution in [0.1, 0.15) is 149 Å². The van der Waals surface area contributed by atoms with Crippen LogP contribution in [-0.4, -0.2) is 116 Å². The molecule has 0 aliphatic rings. The number of carboxylic acid groups (broad SMARTS) is 1. The predicted molar refractivity (Wildman–Crippen MR) is 397 cm³/mol. The fourth-order valence-corrected chi connectivity index (χ4v) is 13.7. The summed E-state index contributed by atoms with van der Waals surface area (Å²) >= 11 is 0. The van der Waals surface area contributed by atoms with E-state index in [0.29, 0.717) is 86.9 Å². The average molecular weight is 1710 g/mol. The van der Waals surface area contributed by atoms with Gasteiger partial charge in [-0.05, 0) is 173 Å². The Hall–Kier alpha value is -8.69. The number of esters is 3. The maximum absolute atomic E-state index is 13.2. The molecule has 7 rings (SSSR count). The van der Waals surface area contributed by atoms with Crippen LogP contribution in [0.25, 0.3) is 17.7 Å². The van der Waals surface area contributed by atoms with Crippen molar-refractivity contribution in [2.45, 2.75) is 123 Å². The minimum atomic E-state index is -4.19. The van der Waals surface area contributed by atoms with Crippen LogP contribution in [0.3, 0.4) is 0 Å². The van der Waals surface area contributed by atoms with Gasteiger partial charge in [-0.2, -0.15) is 52.7 Å². The van der Waals surface area contributed by atoms with E-state index in [-0.39, 0.29) is 90.0 Å². The van der Waals surface area contributed by atoms with Gasteiger partial charge >= 0.3 is 78.1 Å². The van der Waals surface area contributed by atoms with Crippen molar-refractivity contribution < 1.29 is 165 Å². The Morgan fingerprint density at radius 1 is 0.459 bits per heavy atom. The van der Waals surface area contributed by atoms with Crippen molar-refractivity contribution in [3.8, 4) is 0 Å². The van der Waals surface area contributed by atoms with Gasteiger partial charge in [0.05, 0.1) is 61.1 Å². The number of carboxylic acids is 1. The number of ether oxygens (including phenoxy) is 3. The quantitative estimate of drug-likeness (QED) is 0.00233. The summed E-state index contributed by atoms with van der Waals surface area (Å²) < 4.78 is 161. The van der Waals surface area contributed by atoms with Crippen LogP contribution < -0.4 is 75.3 Å². The van der Waals surface area contributed by atoms with Crippen molar-refractivity contribution in [3.63, 3.8) is 0 Å². The molecule has 33 heteroatoms. The number of hydrogen-bond donors (Lipinski definition) is 5. The molecule has 602 valence electrons. The number of nitrogens with two attached hydrogens (primary N) is 1. The molecule has 18 nitrogen and oxygen atoms in total. The number of unbranched alkanes of at least 4 members (excludes halogenated alkanes) is 4. The first-order chi connectivity index (χ1) is 51.9. The molecule has 7 aromatic carbocycles. The number of alkyl halides is 12. The minimum Gasteiger partial charge on any atom is -1.00 e. The molecular weight excluding hydrogens is 1620 g/mol. The first kappa shape index (κ1) is 106. The third-order valence-electron chi connectivity index (χ3n) is 14.0. The standard InChI is InChI=1S/C21H19F3P.C15H19F3O2.C15H15F3O2.C13H15F3O2.C12H12O3.2CH4O.HI.H3N6O.Na/c22-21(23,24)16-17-25(18-10-4-1-5-11-18,19-12-6-2-7-13-19)20-14-8-3-9-15-20;2*1-2-20-14(19)13-9-6-8-12(11-13)7-4-3-5-10-15(16,17)18;14-13(15,16)8-3-1-2-5-10-6-4-7-11(9-10)12(17)18;1-2-15-12(14)11-7-3-5-10(9-11)6-4-8-13;2*1-2;;1-2-3-4-5-6-7;/h1-15H,16-17H2;6,8-9,11H,2-5,7,10H2,1H3;3-9,11H,2,10H2,1H3;4,6-7,9H,1-3,5,8H2,(H,17,18);3-9H,2H2,1H3;2*2H,1H3;1H;(H3-,1,2,3,4,5,6,7);/q+1;;;;;;;;-1;+1/p-1/b;;5-3?,7-4+;;6-4+;;;;;. The van der Waals surface area contributed by atoms with E-state index >= 15 is 0 Å². The van der Waals surface area contributed by atoms with Gasteiger partial charge < -0.3 is 64.6 Å². The van der Waals surface area contributed by atoms with Crippen LogP contribution in [0.15, 0.2) is 233 Å². The summed E-state index contributed by atoms with van der Waals surface area (Å²) in [7, 11) is -0.370. The summed E-state index contributed by atoms with van der Waals surface area (Å²) in [6.45, 7) is 6.18. The Kier molecular flexibility index (Phi) is 59.4. The van der Waals surface area contributed by atoms with E-state index in [0.717, 1.165) is 52.9 Å². The molecule has 0 saturated heterocycles. The van der Waals surface area contributed by atoms with E-state index in [1.54, 1.807) is 112 Å². The number of carbonyl (C=O) groups excluding carboxylic acids is 4. The summed E-state index contributed by atoms with van der Waals surface area (Å²) in [5.41, 5.74) is 7.13. The number of halogens is 13. The Balaban J connectivity index is -0.00000127. The molecule has 0 aliphatic carbocycles. The molecule has 7 aromatic rings. The smallest absolute Gasteiger partial charge is 1.00 e. The molecule has 0 amide bonds. The van der Waals surface area contributed by atoms with Gasteiger partial charge in [0.1, 0.15) is 29.5 Å². The third-order valence-corrected chi connectivity index (χ3v) is 18.4. The first-order valence-corrected chi connectivity index (χ1v) is 35.5. The number of aliphatic hydroxyl groups is 2. The number of aromatic carboxylic acids is 1. The molecule has 0 fully saturated rings. The zero-order valence-corrected chi connectivity index (χ0v) is 67.0. The van der Waals surface area contributed by atoms with Crippen molar-refractivity contribution >= 4 is 65.5 Å². The molecule has 6 N–H and O–H groups in total. The number of allylic oxidation sites excluding steroid dienone is 4. The van der Waals surface area contributed by atoms with E-state index in [1.165, 1.54) is 24.3 Å². The van der Waals surface area contributed by atoms with Crippen LogP contribution >= 0.6 is 7.26 Å². The summed E-state index contributed by atoms with van der Waals surface area (Å²) in [4.78, 5) is 55.2. The molecule has 0 heterocycles. The van der Waals surface area contributed by atoms with E-state index in [1.807, 2.05) is 103 Å². The largest absolute Gasteiger partial charge is 1.00 e. The Morgan fingerprint density at radius 3 is 1.16 bits per heavy atom. The van der Waals surface area contributed by atoms with Crippen LogP contribution in [0, 0.1) is 0 Å². The van der Waals surface area contributed by atoms with Crippen LogP contribution in [0.5, 0.6) is 0 Å². The van der Waals surface area contributed by atoms with E-state index in [4.69, 9.17) is 34.7 Å². The Bertz CT molecular complexity index is 3730. The molecule has 0 unspecified atom stereocenters. The topological polar surface area (TPSA) is 284 Å². The molecule has 0 aliphatic heterocycles. The van der Waals surface area contributed by atoms with Crippen molar-refractivity contribution in [1.29, 1.82) is 0 Å². The summed E-state index contributed by atoms with van der Waals surface area (Å²) in [6, 6.07) is 56.0. The van der Waals surface area contributed by atoms with E-state index < -0.39 is 69.6 Å². The van der Waals surface area contributed by atoms with Crippen molar-refractivity contribution in [2.24, 2.45) is 26.7 Å². The van der Waals surface area contributed by atoms with E-state index in [9.17, 15) is 76.7 Å². The number of aldehydes is 1. The molecule has 0 spiro atoms. The maximum atomic E-state index is 13.2. The van der Waals surface area contributed by atoms with Crippen LogP contribution in [0.2, 0.25) is 0 Å². The van der Waals surface area contributed by atoms with Crippen molar-refractivity contribution in [1.82, 2.24) is 0 Å². The number of aliphatic hydroxyl groups excluding tert-OH is 2. The van der Waals surface area contributed by atoms with Gasteiger partial charge in [-0.25, -0.2) is 29.6 Å². The van der Waals surface area contributed by atoms with E-state index in [2.05, 4.69) is 32.3 Å². The maximum Gasteiger partial charge on any atom is 1.00 e. The summed E-state index contributed by atoms with van der Waals surface area (Å²) in [6.07, 6.45) is -6.56. The van der Waals surface area contributed by atoms with Gasteiger partial charge in [0.25, 0.3) is 0 Å². The zero-order chi connectivity index (χ0) is 82.0. The first-order valence-electron chi connectivity index (χ1n) is 33.6. The molecule has 111 heavy (non-hydrogen) atoms. The molecule has 0 radical (unpaired) electrons. The number of benzene rings is 7. The molecule has 0 atom stereocenters. The molecular formula is C78H91F12IN6NaO12P. The Labute approximate surface area is 677 Å². The van der Waals surface area contributed by atoms with Crippen LogP contribution in [-0.2, 0) is 31.8 Å². The van der Waals surface area contributed by atoms with Gasteiger partial charge in [0.2, 0.25) is 0 Å². The summed E-state index contributed by atoms with van der Waals surface area (Å²) in [5.74, 6) is 2.32. The predicted octanol–water partition coefficient (Wildman–Crippen LogP) is 13.6. The average Bonchev–Trinajstić information content (AvgIpc) is 0.756. The van der Waals surface area contributed by atoms with Gasteiger partial charge in [0, 0.05) is 27.1 Å². The van der Waals surface area contributed by atoms with Crippen molar-refractivity contribution in [2.75, 3.05) is 40.2 Å². The second-order valence-corrected chi connectivity index (χ2v) is 25.6. The second-order valence-electron chi connectivity index (χ2n) is 22.0. The fourth-order valence-electron chi connectivity index (χ4n) is 9.39. The number of rotatable bonds is 29. The van der Waals surface area contributed by atoms with Gasteiger partial charge in [-0.3, -0.25) is 10.4 Å². The summed E-state index contributed by atoms with van der Waals surface area (Å²) in [5, 5.41) is 44.1. The zero-order valence-electron chi connectivity index (χ0n) is 62.0. The number of nitrogens with zero attached hydrogens (tertiary/aromatic N) is 5. The number of hydrogen-bond acceptors (Lipinski definition) is 13. The van der Waals surface area contributed by atoms with Crippen molar-refractivity contribution in [3.05, 3.63) is 262 Å². The molecule has 0 saturated carbocycles. The normalized spacial score (nSPS) is 11.0. The second kappa shape index (κ2) is 61.9. The SMILES string of the molecule is CCOC(=O)c1cccc(/C=C/C=CCC(F)(F)F)c1.CCOC(=O)c1cccc(/C=C/C=O)c1.CCOC(=O)c1cccc(CCCCCC(F)(F)F)c1.CO.CO.FC(F)(F)CC[P+](c1ccccc1)(c1ccccc1)c1ccccc1.N/N=N/N=N/[N-]O.O=C(O)c1cccc(CCCCCC(F)(F)F)c1.[I-].[Na+]. The third kappa shape index (κ3) is 50.8. The van der Waals surface area contributed by atoms with Gasteiger partial charge in [-0.1, -0.05) is 152 Å². The Morgan fingerprint density at radius 2 is 0.820 bits per heavy atom. The fraction of sp³-hybridized carbons (Fsp3) is 0.321. The monoisotopic (exact) mass is 1710 g/mol. The molecule has 0 bridgehead atoms.